The van der Waals surface area contributed by atoms with Crippen molar-refractivity contribution in [2.75, 3.05) is 0 Å². The molecule has 0 radical (unpaired) electrons. The molecule has 3 unspecified atom stereocenters. The van der Waals surface area contributed by atoms with Gasteiger partial charge in [0.25, 0.3) is 0 Å². The molecule has 1 fully saturated rings. The largest absolute Gasteiger partial charge is 0.0882 e. The Morgan fingerprint density at radius 2 is 2.13 bits per heavy atom. The van der Waals surface area contributed by atoms with E-state index in [1.54, 1.807) is 0 Å². The van der Waals surface area contributed by atoms with Gasteiger partial charge in [0.15, 0.2) is 0 Å². The summed E-state index contributed by atoms with van der Waals surface area (Å²) in [4.78, 5) is 0. The first-order valence-corrected chi connectivity index (χ1v) is 6.78. The van der Waals surface area contributed by atoms with E-state index in [1.807, 2.05) is 0 Å². The van der Waals surface area contributed by atoms with Gasteiger partial charge in [0, 0.05) is 0 Å². The maximum Gasteiger partial charge on any atom is -0.0205 e. The van der Waals surface area contributed by atoms with Crippen molar-refractivity contribution in [3.63, 3.8) is 0 Å². The molecule has 1 saturated carbocycles. The fourth-order valence-corrected chi connectivity index (χ4v) is 3.26. The zero-order valence-electron chi connectivity index (χ0n) is 10.6. The molecule has 0 aliphatic heterocycles. The highest BCUT2D eigenvalue weighted by Crippen LogP contribution is 2.49. The van der Waals surface area contributed by atoms with Crippen LogP contribution >= 0.6 is 0 Å². The van der Waals surface area contributed by atoms with Gasteiger partial charge in [0.2, 0.25) is 0 Å². The van der Waals surface area contributed by atoms with E-state index in [-0.39, 0.29) is 0 Å². The number of allylic oxidation sites excluding steroid dienone is 2. The van der Waals surface area contributed by atoms with Gasteiger partial charge >= 0.3 is 0 Å². The van der Waals surface area contributed by atoms with Crippen LogP contribution in [0.1, 0.15) is 59.3 Å². The molecular weight excluding hydrogens is 180 g/mol. The third-order valence-electron chi connectivity index (χ3n) is 5.21. The number of hydrogen-bond acceptors (Lipinski definition) is 0. The van der Waals surface area contributed by atoms with Crippen LogP contribution in [0, 0.1) is 23.2 Å². The lowest BCUT2D eigenvalue weighted by Crippen LogP contribution is -2.34. The zero-order chi connectivity index (χ0) is 10.9. The van der Waals surface area contributed by atoms with Crippen LogP contribution in [0.2, 0.25) is 0 Å². The molecule has 2 rings (SSSR count). The van der Waals surface area contributed by atoms with Crippen molar-refractivity contribution in [3.05, 3.63) is 12.2 Å². The Morgan fingerprint density at radius 1 is 1.40 bits per heavy atom. The van der Waals surface area contributed by atoms with Crippen LogP contribution in [-0.4, -0.2) is 0 Å². The third kappa shape index (κ3) is 2.29. The van der Waals surface area contributed by atoms with Crippen LogP contribution in [0.5, 0.6) is 0 Å². The second kappa shape index (κ2) is 4.31. The van der Waals surface area contributed by atoms with E-state index < -0.39 is 0 Å². The minimum atomic E-state index is 0.686. The first-order valence-electron chi connectivity index (χ1n) is 6.78. The number of hydrogen-bond donors (Lipinski definition) is 0. The molecule has 0 saturated heterocycles. The van der Waals surface area contributed by atoms with Crippen molar-refractivity contribution in [2.24, 2.45) is 23.2 Å². The Kier molecular flexibility index (Phi) is 3.23. The molecule has 0 heteroatoms. The molecule has 86 valence electrons. The first kappa shape index (κ1) is 11.2. The van der Waals surface area contributed by atoms with E-state index in [0.29, 0.717) is 5.41 Å². The zero-order valence-corrected chi connectivity index (χ0v) is 10.6. The molecule has 0 heterocycles. The van der Waals surface area contributed by atoms with Crippen molar-refractivity contribution in [2.45, 2.75) is 59.3 Å². The lowest BCUT2D eigenvalue weighted by atomic mass is 9.60. The second-order valence-corrected chi connectivity index (χ2v) is 6.29. The molecule has 0 nitrogen and oxygen atoms in total. The third-order valence-corrected chi connectivity index (χ3v) is 5.21. The van der Waals surface area contributed by atoms with Gasteiger partial charge in [-0.1, -0.05) is 39.3 Å². The fourth-order valence-electron chi connectivity index (χ4n) is 3.26. The summed E-state index contributed by atoms with van der Waals surface area (Å²) in [6.45, 7) is 7.41. The van der Waals surface area contributed by atoms with Gasteiger partial charge in [0.1, 0.15) is 0 Å². The van der Waals surface area contributed by atoms with E-state index in [9.17, 15) is 0 Å². The summed E-state index contributed by atoms with van der Waals surface area (Å²) in [5.41, 5.74) is 0.686. The molecule has 3 atom stereocenters. The van der Waals surface area contributed by atoms with E-state index in [0.717, 1.165) is 17.8 Å². The number of rotatable bonds is 3. The molecule has 0 N–H and O–H groups in total. The van der Waals surface area contributed by atoms with Gasteiger partial charge < -0.3 is 0 Å². The van der Waals surface area contributed by atoms with Gasteiger partial charge in [-0.3, -0.25) is 0 Å². The van der Waals surface area contributed by atoms with Crippen LogP contribution < -0.4 is 0 Å². The molecule has 2 aliphatic rings. The van der Waals surface area contributed by atoms with E-state index in [1.165, 1.54) is 38.5 Å². The summed E-state index contributed by atoms with van der Waals surface area (Å²) < 4.78 is 0. The monoisotopic (exact) mass is 206 g/mol. The fraction of sp³-hybridized carbons (Fsp3) is 0.867. The van der Waals surface area contributed by atoms with Gasteiger partial charge in [-0.05, 0) is 55.3 Å². The minimum Gasteiger partial charge on any atom is -0.0882 e. The van der Waals surface area contributed by atoms with E-state index >= 15 is 0 Å². The molecule has 2 aliphatic carbocycles. The van der Waals surface area contributed by atoms with Crippen LogP contribution in [0.15, 0.2) is 12.2 Å². The molecule has 0 amide bonds. The molecular formula is C15H26. The molecule has 0 bridgehead atoms. The topological polar surface area (TPSA) is 0 Å². The normalized spacial score (nSPS) is 35.9. The van der Waals surface area contributed by atoms with Crippen molar-refractivity contribution >= 4 is 0 Å². The summed E-state index contributed by atoms with van der Waals surface area (Å²) in [5, 5.41) is 0. The Labute approximate surface area is 95.1 Å². The molecule has 0 aromatic heterocycles. The summed E-state index contributed by atoms with van der Waals surface area (Å²) in [5.74, 6) is 2.70. The average Bonchev–Trinajstić information content (AvgIpc) is 2.18. The Hall–Kier alpha value is -0.260. The lowest BCUT2D eigenvalue weighted by molar-refractivity contribution is 0.0636. The molecule has 0 spiro atoms. The average molecular weight is 206 g/mol. The van der Waals surface area contributed by atoms with E-state index in [4.69, 9.17) is 0 Å². The Balaban J connectivity index is 1.90. The highest BCUT2D eigenvalue weighted by atomic mass is 14.4. The van der Waals surface area contributed by atoms with Crippen molar-refractivity contribution in [1.82, 2.24) is 0 Å². The predicted molar refractivity (Wildman–Crippen MR) is 66.8 cm³/mol. The van der Waals surface area contributed by atoms with Crippen LogP contribution in [0.4, 0.5) is 0 Å². The minimum absolute atomic E-state index is 0.686. The van der Waals surface area contributed by atoms with Gasteiger partial charge in [0.05, 0.1) is 0 Å². The molecule has 15 heavy (non-hydrogen) atoms. The van der Waals surface area contributed by atoms with Crippen LogP contribution in [-0.2, 0) is 0 Å². The highest BCUT2D eigenvalue weighted by Gasteiger charge is 2.38. The molecule has 0 aromatic carbocycles. The van der Waals surface area contributed by atoms with Crippen molar-refractivity contribution in [1.29, 1.82) is 0 Å². The van der Waals surface area contributed by atoms with Gasteiger partial charge in [-0.15, -0.1) is 0 Å². The SMILES string of the molecule is CC1CCC=CC1CC(C)C1(C)CCC1. The lowest BCUT2D eigenvalue weighted by Gasteiger charge is -2.45. The molecule has 0 aromatic rings. The summed E-state index contributed by atoms with van der Waals surface area (Å²) in [6, 6.07) is 0. The van der Waals surface area contributed by atoms with Crippen LogP contribution in [0.3, 0.4) is 0 Å². The second-order valence-electron chi connectivity index (χ2n) is 6.29. The quantitative estimate of drug-likeness (QED) is 0.582. The predicted octanol–water partition coefficient (Wildman–Crippen LogP) is 4.81. The first-order chi connectivity index (χ1) is 7.12. The van der Waals surface area contributed by atoms with E-state index in [2.05, 4.69) is 32.9 Å². The van der Waals surface area contributed by atoms with Crippen molar-refractivity contribution in [3.8, 4) is 0 Å². The van der Waals surface area contributed by atoms with Gasteiger partial charge in [-0.25, -0.2) is 0 Å². The Morgan fingerprint density at radius 3 is 2.67 bits per heavy atom. The summed E-state index contributed by atoms with van der Waals surface area (Å²) in [6.07, 6.45) is 13.4. The van der Waals surface area contributed by atoms with Gasteiger partial charge in [-0.2, -0.15) is 0 Å². The Bertz CT molecular complexity index is 234. The summed E-state index contributed by atoms with van der Waals surface area (Å²) >= 11 is 0. The standard InChI is InChI=1S/C15H26/c1-12-7-4-5-8-14(12)11-13(2)15(3)9-6-10-15/h5,8,12-14H,4,6-7,9-11H2,1-3H3. The maximum absolute atomic E-state index is 2.50. The highest BCUT2D eigenvalue weighted by molar-refractivity contribution is 4.98. The maximum atomic E-state index is 2.50. The smallest absolute Gasteiger partial charge is 0.0205 e. The summed E-state index contributed by atoms with van der Waals surface area (Å²) in [7, 11) is 0. The van der Waals surface area contributed by atoms with Crippen molar-refractivity contribution < 1.29 is 0 Å². The van der Waals surface area contributed by atoms with Crippen LogP contribution in [0.25, 0.3) is 0 Å².